The Morgan fingerprint density at radius 3 is 2.64 bits per heavy atom. The second-order valence-electron chi connectivity index (χ2n) is 7.47. The van der Waals surface area contributed by atoms with E-state index in [0.29, 0.717) is 30.5 Å². The summed E-state index contributed by atoms with van der Waals surface area (Å²) in [6.07, 6.45) is 2.94. The number of hydrogen-bond donors (Lipinski definition) is 2. The fourth-order valence-corrected chi connectivity index (χ4v) is 3.13. The van der Waals surface area contributed by atoms with Gasteiger partial charge in [-0.25, -0.2) is 0 Å². The summed E-state index contributed by atoms with van der Waals surface area (Å²) in [5.74, 6) is 1.36. The first-order valence-electron chi connectivity index (χ1n) is 9.62. The fourth-order valence-electron chi connectivity index (χ4n) is 2.96. The molecule has 0 saturated heterocycles. The van der Waals surface area contributed by atoms with Gasteiger partial charge in [0.2, 0.25) is 11.8 Å². The molecule has 0 radical (unpaired) electrons. The molecule has 0 bridgehead atoms. The SMILES string of the molecule is Cc1c(Cl)cccc1NC(=O)CCc1nnc(CNC(=O)C(C)C)n1C1CC1. The third-order valence-electron chi connectivity index (χ3n) is 4.81. The molecule has 1 saturated carbocycles. The second kappa shape index (κ2) is 8.73. The predicted octanol–water partition coefficient (Wildman–Crippen LogP) is 3.42. The number of halogens is 1. The molecule has 1 aliphatic carbocycles. The van der Waals surface area contributed by atoms with E-state index in [-0.39, 0.29) is 17.7 Å². The van der Waals surface area contributed by atoms with Crippen LogP contribution in [0.1, 0.15) is 56.4 Å². The van der Waals surface area contributed by atoms with Gasteiger partial charge in [0.1, 0.15) is 5.82 Å². The van der Waals surface area contributed by atoms with E-state index in [1.807, 2.05) is 32.9 Å². The Hall–Kier alpha value is -2.41. The molecule has 7 nitrogen and oxygen atoms in total. The summed E-state index contributed by atoms with van der Waals surface area (Å²) >= 11 is 6.10. The first-order chi connectivity index (χ1) is 13.4. The maximum absolute atomic E-state index is 12.4. The molecular formula is C20H26ClN5O2. The number of nitrogens with one attached hydrogen (secondary N) is 2. The molecule has 3 rings (SSSR count). The predicted molar refractivity (Wildman–Crippen MR) is 108 cm³/mol. The van der Waals surface area contributed by atoms with Crippen LogP contribution in [0.4, 0.5) is 5.69 Å². The number of hydrogen-bond acceptors (Lipinski definition) is 4. The van der Waals surface area contributed by atoms with Gasteiger partial charge in [0.15, 0.2) is 5.82 Å². The van der Waals surface area contributed by atoms with Gasteiger partial charge in [0, 0.05) is 35.5 Å². The Bertz CT molecular complexity index is 873. The highest BCUT2D eigenvalue weighted by Gasteiger charge is 2.29. The molecule has 1 heterocycles. The van der Waals surface area contributed by atoms with Gasteiger partial charge in [-0.15, -0.1) is 10.2 Å². The van der Waals surface area contributed by atoms with Crippen LogP contribution >= 0.6 is 11.6 Å². The second-order valence-corrected chi connectivity index (χ2v) is 7.87. The molecule has 150 valence electrons. The molecule has 2 N–H and O–H groups in total. The molecular weight excluding hydrogens is 378 g/mol. The van der Waals surface area contributed by atoms with E-state index in [4.69, 9.17) is 11.6 Å². The van der Waals surface area contributed by atoms with Crippen LogP contribution in [0.5, 0.6) is 0 Å². The summed E-state index contributed by atoms with van der Waals surface area (Å²) in [6, 6.07) is 5.81. The van der Waals surface area contributed by atoms with Crippen molar-refractivity contribution in [3.8, 4) is 0 Å². The van der Waals surface area contributed by atoms with Gasteiger partial charge in [-0.1, -0.05) is 31.5 Å². The quantitative estimate of drug-likeness (QED) is 0.706. The van der Waals surface area contributed by atoms with E-state index in [0.717, 1.165) is 35.7 Å². The molecule has 1 aromatic carbocycles. The number of amides is 2. The van der Waals surface area contributed by atoms with Gasteiger partial charge in [-0.2, -0.15) is 0 Å². The van der Waals surface area contributed by atoms with Crippen LogP contribution in [0.25, 0.3) is 0 Å². The smallest absolute Gasteiger partial charge is 0.224 e. The first kappa shape index (κ1) is 20.3. The zero-order valence-corrected chi connectivity index (χ0v) is 17.2. The molecule has 1 aliphatic rings. The van der Waals surface area contributed by atoms with Gasteiger partial charge in [-0.3, -0.25) is 9.59 Å². The number of carbonyl (C=O) groups excluding carboxylic acids is 2. The van der Waals surface area contributed by atoms with Crippen molar-refractivity contribution >= 4 is 29.1 Å². The third kappa shape index (κ3) is 4.90. The Morgan fingerprint density at radius 1 is 1.25 bits per heavy atom. The molecule has 28 heavy (non-hydrogen) atoms. The lowest BCUT2D eigenvalue weighted by atomic mass is 10.2. The summed E-state index contributed by atoms with van der Waals surface area (Å²) < 4.78 is 2.08. The maximum Gasteiger partial charge on any atom is 0.224 e. The van der Waals surface area contributed by atoms with Gasteiger partial charge in [0.05, 0.1) is 6.54 Å². The largest absolute Gasteiger partial charge is 0.349 e. The van der Waals surface area contributed by atoms with E-state index in [2.05, 4.69) is 25.4 Å². The Labute approximate surface area is 169 Å². The van der Waals surface area contributed by atoms with Crippen molar-refractivity contribution in [3.63, 3.8) is 0 Å². The topological polar surface area (TPSA) is 88.9 Å². The van der Waals surface area contributed by atoms with Crippen molar-refractivity contribution in [2.75, 3.05) is 5.32 Å². The summed E-state index contributed by atoms with van der Waals surface area (Å²) in [5, 5.41) is 14.9. The van der Waals surface area contributed by atoms with E-state index in [9.17, 15) is 9.59 Å². The van der Waals surface area contributed by atoms with Gasteiger partial charge in [0.25, 0.3) is 0 Å². The highest BCUT2D eigenvalue weighted by Crippen LogP contribution is 2.36. The van der Waals surface area contributed by atoms with Gasteiger partial charge in [-0.05, 0) is 37.5 Å². The number of aryl methyl sites for hydroxylation is 1. The van der Waals surface area contributed by atoms with Crippen molar-refractivity contribution in [2.24, 2.45) is 5.92 Å². The number of aromatic nitrogens is 3. The molecule has 8 heteroatoms. The van der Waals surface area contributed by atoms with Crippen LogP contribution in [-0.2, 0) is 22.6 Å². The Morgan fingerprint density at radius 2 is 1.96 bits per heavy atom. The van der Waals surface area contributed by atoms with Gasteiger partial charge >= 0.3 is 0 Å². The lowest BCUT2D eigenvalue weighted by Crippen LogP contribution is -2.28. The van der Waals surface area contributed by atoms with Crippen LogP contribution in [0.2, 0.25) is 5.02 Å². The molecule has 0 unspecified atom stereocenters. The number of nitrogens with zero attached hydrogens (tertiary/aromatic N) is 3. The maximum atomic E-state index is 12.4. The number of rotatable bonds is 8. The van der Waals surface area contributed by atoms with E-state index in [1.54, 1.807) is 6.07 Å². The number of anilines is 1. The highest BCUT2D eigenvalue weighted by atomic mass is 35.5. The van der Waals surface area contributed by atoms with E-state index < -0.39 is 0 Å². The molecule has 2 amide bonds. The standard InChI is InChI=1S/C20H26ClN5O2/c1-12(2)20(28)22-11-18-25-24-17(26(18)14-7-8-14)9-10-19(27)23-16-6-4-5-15(21)13(16)3/h4-6,12,14H,7-11H2,1-3H3,(H,22,28)(H,23,27). The monoisotopic (exact) mass is 403 g/mol. The molecule has 0 atom stereocenters. The minimum atomic E-state index is -0.0922. The lowest BCUT2D eigenvalue weighted by molar-refractivity contribution is -0.124. The summed E-state index contributed by atoms with van der Waals surface area (Å²) in [5.41, 5.74) is 1.57. The van der Waals surface area contributed by atoms with Crippen LogP contribution < -0.4 is 10.6 Å². The van der Waals surface area contributed by atoms with Crippen molar-refractivity contribution in [3.05, 3.63) is 40.4 Å². The minimum Gasteiger partial charge on any atom is -0.349 e. The summed E-state index contributed by atoms with van der Waals surface area (Å²) in [7, 11) is 0. The van der Waals surface area contributed by atoms with Crippen LogP contribution in [0.3, 0.4) is 0 Å². The zero-order valence-electron chi connectivity index (χ0n) is 16.5. The third-order valence-corrected chi connectivity index (χ3v) is 5.22. The van der Waals surface area contributed by atoms with Crippen molar-refractivity contribution < 1.29 is 9.59 Å². The van der Waals surface area contributed by atoms with Crippen LogP contribution in [0.15, 0.2) is 18.2 Å². The summed E-state index contributed by atoms with van der Waals surface area (Å²) in [6.45, 7) is 5.94. The lowest BCUT2D eigenvalue weighted by Gasteiger charge is -2.12. The Kier molecular flexibility index (Phi) is 6.34. The van der Waals surface area contributed by atoms with E-state index >= 15 is 0 Å². The minimum absolute atomic E-state index is 0.0110. The normalized spacial score (nSPS) is 13.6. The highest BCUT2D eigenvalue weighted by molar-refractivity contribution is 6.31. The van der Waals surface area contributed by atoms with E-state index in [1.165, 1.54) is 0 Å². The Balaban J connectivity index is 1.62. The van der Waals surface area contributed by atoms with Crippen molar-refractivity contribution in [2.45, 2.75) is 59.0 Å². The molecule has 1 aromatic heterocycles. The average Bonchev–Trinajstić information content (AvgIpc) is 3.42. The van der Waals surface area contributed by atoms with Crippen LogP contribution in [-0.4, -0.2) is 26.6 Å². The molecule has 2 aromatic rings. The van der Waals surface area contributed by atoms with Crippen LogP contribution in [0, 0.1) is 12.8 Å². The fraction of sp³-hybridized carbons (Fsp3) is 0.500. The molecule has 0 spiro atoms. The summed E-state index contributed by atoms with van der Waals surface area (Å²) in [4.78, 5) is 24.2. The van der Waals surface area contributed by atoms with Gasteiger partial charge < -0.3 is 15.2 Å². The first-order valence-corrected chi connectivity index (χ1v) is 10.00. The number of carbonyl (C=O) groups is 2. The molecule has 1 fully saturated rings. The number of benzene rings is 1. The zero-order chi connectivity index (χ0) is 20.3. The van der Waals surface area contributed by atoms with Crippen molar-refractivity contribution in [1.82, 2.24) is 20.1 Å². The van der Waals surface area contributed by atoms with Crippen molar-refractivity contribution in [1.29, 1.82) is 0 Å². The average molecular weight is 404 g/mol. The molecule has 0 aliphatic heterocycles.